The molecule has 4 aromatic heterocycles. The molecule has 2 atom stereocenters. The number of halogens is 3. The van der Waals surface area contributed by atoms with E-state index in [1.165, 1.54) is 0 Å². The number of carbonyl (C=O) groups is 2. The molecule has 0 spiro atoms. The molecule has 2 aliphatic heterocycles. The van der Waals surface area contributed by atoms with Crippen molar-refractivity contribution in [2.24, 2.45) is 0 Å². The van der Waals surface area contributed by atoms with Crippen molar-refractivity contribution in [2.75, 3.05) is 33.7 Å². The summed E-state index contributed by atoms with van der Waals surface area (Å²) in [6.07, 6.45) is 11.8. The average Bonchev–Trinajstić information content (AvgIpc) is 3.94. The maximum absolute atomic E-state index is 12.8. The summed E-state index contributed by atoms with van der Waals surface area (Å²) in [5, 5.41) is 1.57. The van der Waals surface area contributed by atoms with Gasteiger partial charge in [-0.05, 0) is 76.4 Å². The number of aromatic nitrogens is 8. The summed E-state index contributed by atoms with van der Waals surface area (Å²) in [6, 6.07) is 15.0. The predicted molar refractivity (Wildman–Crippen MR) is 236 cm³/mol. The molecular weight excluding hydrogens is 811 g/mol. The summed E-state index contributed by atoms with van der Waals surface area (Å²) >= 11 is 17.8. The lowest BCUT2D eigenvalue weighted by atomic mass is 10.1. The van der Waals surface area contributed by atoms with Crippen LogP contribution in [0, 0.1) is 0 Å². The monoisotopic (exact) mass is 856 g/mol. The summed E-state index contributed by atoms with van der Waals surface area (Å²) in [6.45, 7) is 12.2. The standard InChI is InChI=1S/C21H23ClN6O.C12H17ClN4O.C9H7ClN2/c1-5-16-20(29)26(4)17-12-24-21(25-19(17)28(16)13(2)3)27-10-9-23-18(27)14-7-6-8-15(22)11-14;1-5-8-11(18)16(4)9-6-14-12(13)15-10(9)17(8)7(2)3;10-8-3-1-2-7(6-8)9-11-4-5-12-9/h6-13,16H,5H2,1-4H3;6-8H,5H2,1-4H3;1-6H,(H,11,12)/t16-;8-;/m11./s1. The van der Waals surface area contributed by atoms with Crippen molar-refractivity contribution in [3.05, 3.63) is 101 Å². The molecule has 0 saturated carbocycles. The number of nitrogens with one attached hydrogen (secondary N) is 1. The lowest BCUT2D eigenvalue weighted by Gasteiger charge is -2.42. The van der Waals surface area contributed by atoms with E-state index in [-0.39, 0.29) is 41.3 Å². The second-order valence-electron chi connectivity index (χ2n) is 14.5. The lowest BCUT2D eigenvalue weighted by Crippen LogP contribution is -2.55. The molecule has 0 fully saturated rings. The van der Waals surface area contributed by atoms with Gasteiger partial charge in [0.1, 0.15) is 35.1 Å². The van der Waals surface area contributed by atoms with Crippen LogP contribution in [0.2, 0.25) is 15.3 Å². The molecule has 59 heavy (non-hydrogen) atoms. The summed E-state index contributed by atoms with van der Waals surface area (Å²) < 4.78 is 1.84. The molecule has 8 rings (SSSR count). The van der Waals surface area contributed by atoms with E-state index in [9.17, 15) is 9.59 Å². The van der Waals surface area contributed by atoms with E-state index in [1.807, 2.05) is 91.9 Å². The topological polar surface area (TPSA) is 145 Å². The Morgan fingerprint density at radius 2 is 1.24 bits per heavy atom. The molecule has 2 aromatic carbocycles. The molecule has 0 aliphatic carbocycles. The van der Waals surface area contributed by atoms with Gasteiger partial charge in [0.05, 0.1) is 12.4 Å². The second-order valence-corrected chi connectivity index (χ2v) is 15.7. The van der Waals surface area contributed by atoms with E-state index in [0.717, 1.165) is 40.0 Å². The molecule has 0 bridgehead atoms. The van der Waals surface area contributed by atoms with Gasteiger partial charge >= 0.3 is 0 Å². The quantitative estimate of drug-likeness (QED) is 0.155. The van der Waals surface area contributed by atoms with Gasteiger partial charge < -0.3 is 24.6 Å². The van der Waals surface area contributed by atoms with Crippen LogP contribution < -0.4 is 19.6 Å². The molecule has 0 unspecified atom stereocenters. The maximum Gasteiger partial charge on any atom is 0.249 e. The molecule has 2 amide bonds. The Bertz CT molecular complexity index is 2400. The molecule has 308 valence electrons. The minimum Gasteiger partial charge on any atom is -0.345 e. The smallest absolute Gasteiger partial charge is 0.249 e. The fourth-order valence-corrected chi connectivity index (χ4v) is 7.72. The van der Waals surface area contributed by atoms with Crippen molar-refractivity contribution in [3.8, 4) is 28.7 Å². The molecule has 14 nitrogen and oxygen atoms in total. The van der Waals surface area contributed by atoms with Gasteiger partial charge in [0.2, 0.25) is 23.0 Å². The van der Waals surface area contributed by atoms with Gasteiger partial charge in [-0.3, -0.25) is 14.2 Å². The highest BCUT2D eigenvalue weighted by atomic mass is 35.5. The summed E-state index contributed by atoms with van der Waals surface area (Å²) in [4.78, 5) is 61.7. The Labute approximate surface area is 359 Å². The molecule has 6 heterocycles. The number of H-pyrrole nitrogens is 1. The third kappa shape index (κ3) is 9.04. The number of hydrogen-bond acceptors (Lipinski definition) is 10. The van der Waals surface area contributed by atoms with Crippen LogP contribution in [-0.2, 0) is 9.59 Å². The molecule has 0 radical (unpaired) electrons. The SMILES string of the molecule is CC[C@@H]1C(=O)N(C)c2cnc(-n3ccnc3-c3cccc(Cl)c3)nc2N1C(C)C.CC[C@@H]1C(=O)N(C)c2cnc(Cl)nc2N1C(C)C.Clc1cccc(-c2ncc[nH]2)c1. The first-order valence-electron chi connectivity index (χ1n) is 19.3. The van der Waals surface area contributed by atoms with Crippen LogP contribution in [0.4, 0.5) is 23.0 Å². The van der Waals surface area contributed by atoms with Crippen molar-refractivity contribution < 1.29 is 9.59 Å². The highest BCUT2D eigenvalue weighted by molar-refractivity contribution is 6.31. The number of hydrogen-bond donors (Lipinski definition) is 1. The zero-order valence-electron chi connectivity index (χ0n) is 34.2. The van der Waals surface area contributed by atoms with E-state index >= 15 is 0 Å². The number of rotatable bonds is 7. The van der Waals surface area contributed by atoms with Crippen LogP contribution in [0.25, 0.3) is 28.7 Å². The van der Waals surface area contributed by atoms with E-state index in [2.05, 4.69) is 48.7 Å². The normalized spacial score (nSPS) is 16.1. The number of aromatic amines is 1. The maximum atomic E-state index is 12.8. The highest BCUT2D eigenvalue weighted by Crippen LogP contribution is 2.37. The molecule has 6 aromatic rings. The Morgan fingerprint density at radius 1 is 0.695 bits per heavy atom. The van der Waals surface area contributed by atoms with Gasteiger partial charge in [0.25, 0.3) is 0 Å². The van der Waals surface area contributed by atoms with Gasteiger partial charge in [0.15, 0.2) is 11.6 Å². The molecule has 17 heteroatoms. The molecular formula is C42H47Cl3N12O2. The van der Waals surface area contributed by atoms with E-state index in [0.29, 0.717) is 34.6 Å². The molecule has 1 N–H and O–H groups in total. The van der Waals surface area contributed by atoms with E-state index in [4.69, 9.17) is 39.8 Å². The average molecular weight is 858 g/mol. The minimum atomic E-state index is -0.245. The van der Waals surface area contributed by atoms with Crippen molar-refractivity contribution in [1.29, 1.82) is 0 Å². The zero-order chi connectivity index (χ0) is 42.5. The first-order valence-corrected chi connectivity index (χ1v) is 20.4. The fourth-order valence-electron chi connectivity index (χ4n) is 7.21. The van der Waals surface area contributed by atoms with Crippen LogP contribution in [0.15, 0.2) is 85.7 Å². The lowest BCUT2D eigenvalue weighted by molar-refractivity contribution is -0.120. The molecule has 2 aliphatic rings. The van der Waals surface area contributed by atoms with Crippen LogP contribution in [0.5, 0.6) is 0 Å². The first kappa shape index (κ1) is 43.0. The summed E-state index contributed by atoms with van der Waals surface area (Å²) in [5.41, 5.74) is 3.31. The Kier molecular flexibility index (Phi) is 13.5. The third-order valence-electron chi connectivity index (χ3n) is 9.99. The van der Waals surface area contributed by atoms with E-state index < -0.39 is 0 Å². The van der Waals surface area contributed by atoms with Gasteiger partial charge in [0, 0.05) is 72.1 Å². The van der Waals surface area contributed by atoms with Crippen molar-refractivity contribution >= 4 is 69.6 Å². The largest absolute Gasteiger partial charge is 0.345 e. The minimum absolute atomic E-state index is 0.0623. The Morgan fingerprint density at radius 3 is 1.76 bits per heavy atom. The van der Waals surface area contributed by atoms with Crippen molar-refractivity contribution in [3.63, 3.8) is 0 Å². The predicted octanol–water partition coefficient (Wildman–Crippen LogP) is 8.78. The number of likely N-dealkylation sites (N-methyl/N-ethyl adjacent to an activating group) is 2. The van der Waals surface area contributed by atoms with Gasteiger partial charge in [-0.25, -0.2) is 19.9 Å². The first-order chi connectivity index (χ1) is 28.2. The fraction of sp³-hybridized carbons (Fsp3) is 0.333. The highest BCUT2D eigenvalue weighted by Gasteiger charge is 2.39. The summed E-state index contributed by atoms with van der Waals surface area (Å²) in [7, 11) is 3.53. The zero-order valence-corrected chi connectivity index (χ0v) is 36.4. The number of anilines is 4. The molecule has 0 saturated heterocycles. The van der Waals surface area contributed by atoms with Crippen molar-refractivity contribution in [1.82, 2.24) is 39.5 Å². The number of amides is 2. The van der Waals surface area contributed by atoms with Crippen LogP contribution in [0.3, 0.4) is 0 Å². The van der Waals surface area contributed by atoms with Crippen LogP contribution >= 0.6 is 34.8 Å². The Hall–Kier alpha value is -5.57. The van der Waals surface area contributed by atoms with Gasteiger partial charge in [-0.1, -0.05) is 61.3 Å². The van der Waals surface area contributed by atoms with Gasteiger partial charge in [-0.2, -0.15) is 9.97 Å². The van der Waals surface area contributed by atoms with E-state index in [1.54, 1.807) is 54.9 Å². The van der Waals surface area contributed by atoms with Crippen LogP contribution in [-0.4, -0.2) is 89.5 Å². The number of benzene rings is 2. The second kappa shape index (κ2) is 18.6. The number of nitrogens with zero attached hydrogens (tertiary/aromatic N) is 11. The third-order valence-corrected chi connectivity index (χ3v) is 10.6. The van der Waals surface area contributed by atoms with Crippen LogP contribution in [0.1, 0.15) is 54.4 Å². The number of imidazole rings is 2. The Balaban J connectivity index is 0.000000165. The van der Waals surface area contributed by atoms with Crippen molar-refractivity contribution in [2.45, 2.75) is 78.6 Å². The number of fused-ring (bicyclic) bond motifs is 2. The van der Waals surface area contributed by atoms with Gasteiger partial charge in [-0.15, -0.1) is 0 Å². The summed E-state index contributed by atoms with van der Waals surface area (Å²) in [5.74, 6) is 3.67. The number of carbonyl (C=O) groups excluding carboxylic acids is 2.